The van der Waals surface area contributed by atoms with Gasteiger partial charge in [0.25, 0.3) is 0 Å². The number of aryl methyl sites for hydroxylation is 2. The van der Waals surface area contributed by atoms with E-state index in [4.69, 9.17) is 0 Å². The van der Waals surface area contributed by atoms with Gasteiger partial charge >= 0.3 is 6.03 Å². The van der Waals surface area contributed by atoms with Gasteiger partial charge in [0.2, 0.25) is 5.91 Å². The standard InChI is InChI=1S/C31H35FN4O2/c1-22-12-13-27(18-23(22)2)33-31(38)36-20-25(24-8-4-3-5-9-24)19-26(21-36)30(37)35-16-14-34(15-17-35)29-11-7-6-10-28(29)32/h3-13,18,25-26H,14-17,19-21H2,1-2H3,(H,33,38). The smallest absolute Gasteiger partial charge is 0.321 e. The first kappa shape index (κ1) is 25.8. The third kappa shape index (κ3) is 5.67. The zero-order valence-corrected chi connectivity index (χ0v) is 22.1. The molecule has 0 aliphatic carbocycles. The number of urea groups is 1. The number of benzene rings is 3. The normalized spacial score (nSPS) is 19.8. The Morgan fingerprint density at radius 1 is 0.816 bits per heavy atom. The van der Waals surface area contributed by atoms with Crippen LogP contribution in [0.2, 0.25) is 0 Å². The highest BCUT2D eigenvalue weighted by Gasteiger charge is 2.37. The van der Waals surface area contributed by atoms with E-state index in [2.05, 4.69) is 17.4 Å². The molecule has 198 valence electrons. The number of piperazine rings is 1. The number of piperidine rings is 1. The molecule has 5 rings (SSSR count). The van der Waals surface area contributed by atoms with Crippen LogP contribution in [0.4, 0.5) is 20.6 Å². The molecule has 7 heteroatoms. The Hall–Kier alpha value is -3.87. The van der Waals surface area contributed by atoms with Gasteiger partial charge in [0, 0.05) is 50.9 Å². The van der Waals surface area contributed by atoms with E-state index in [0.29, 0.717) is 51.4 Å². The maximum atomic E-state index is 14.3. The lowest BCUT2D eigenvalue weighted by Gasteiger charge is -2.41. The lowest BCUT2D eigenvalue weighted by Crippen LogP contribution is -2.54. The van der Waals surface area contributed by atoms with Crippen molar-refractivity contribution in [1.82, 2.24) is 9.80 Å². The van der Waals surface area contributed by atoms with Crippen molar-refractivity contribution < 1.29 is 14.0 Å². The maximum Gasteiger partial charge on any atom is 0.321 e. The SMILES string of the molecule is Cc1ccc(NC(=O)N2CC(C(=O)N3CCN(c4ccccc4F)CC3)CC(c3ccccc3)C2)cc1C. The number of anilines is 2. The van der Waals surface area contributed by atoms with Crippen molar-refractivity contribution in [2.24, 2.45) is 5.92 Å². The van der Waals surface area contributed by atoms with E-state index in [1.807, 2.05) is 66.1 Å². The summed E-state index contributed by atoms with van der Waals surface area (Å²) in [5.41, 5.74) is 4.76. The van der Waals surface area contributed by atoms with Gasteiger partial charge in [-0.05, 0) is 61.2 Å². The molecule has 38 heavy (non-hydrogen) atoms. The van der Waals surface area contributed by atoms with Crippen LogP contribution in [-0.4, -0.2) is 61.0 Å². The monoisotopic (exact) mass is 514 g/mol. The minimum absolute atomic E-state index is 0.0720. The minimum Gasteiger partial charge on any atom is -0.366 e. The Balaban J connectivity index is 1.29. The quantitative estimate of drug-likeness (QED) is 0.505. The molecule has 2 saturated heterocycles. The molecular formula is C31H35FN4O2. The van der Waals surface area contributed by atoms with Crippen molar-refractivity contribution >= 4 is 23.3 Å². The number of carbonyl (C=O) groups excluding carboxylic acids is 2. The molecule has 1 N–H and O–H groups in total. The Morgan fingerprint density at radius 2 is 1.53 bits per heavy atom. The van der Waals surface area contributed by atoms with E-state index in [0.717, 1.165) is 16.8 Å². The van der Waals surface area contributed by atoms with E-state index in [9.17, 15) is 14.0 Å². The zero-order chi connectivity index (χ0) is 26.6. The fourth-order valence-electron chi connectivity index (χ4n) is 5.57. The van der Waals surface area contributed by atoms with E-state index in [1.54, 1.807) is 17.0 Å². The molecule has 2 aliphatic heterocycles. The fourth-order valence-corrected chi connectivity index (χ4v) is 5.57. The lowest BCUT2D eigenvalue weighted by molar-refractivity contribution is -0.137. The molecule has 0 radical (unpaired) electrons. The van der Waals surface area contributed by atoms with Crippen molar-refractivity contribution in [3.05, 3.63) is 95.3 Å². The third-order valence-corrected chi connectivity index (χ3v) is 7.90. The molecule has 6 nitrogen and oxygen atoms in total. The van der Waals surface area contributed by atoms with Crippen LogP contribution in [0.25, 0.3) is 0 Å². The van der Waals surface area contributed by atoms with Gasteiger partial charge in [-0.25, -0.2) is 9.18 Å². The second-order valence-electron chi connectivity index (χ2n) is 10.4. The summed E-state index contributed by atoms with van der Waals surface area (Å²) < 4.78 is 14.3. The van der Waals surface area contributed by atoms with E-state index in [-0.39, 0.29) is 29.6 Å². The van der Waals surface area contributed by atoms with Gasteiger partial charge in [-0.3, -0.25) is 4.79 Å². The van der Waals surface area contributed by atoms with Crippen molar-refractivity contribution in [1.29, 1.82) is 0 Å². The third-order valence-electron chi connectivity index (χ3n) is 7.90. The molecule has 2 heterocycles. The summed E-state index contributed by atoms with van der Waals surface area (Å²) in [4.78, 5) is 32.8. The van der Waals surface area contributed by atoms with Gasteiger partial charge < -0.3 is 20.0 Å². The predicted molar refractivity (Wildman–Crippen MR) is 149 cm³/mol. The van der Waals surface area contributed by atoms with Crippen LogP contribution in [-0.2, 0) is 4.79 Å². The highest BCUT2D eigenvalue weighted by molar-refractivity contribution is 5.90. The van der Waals surface area contributed by atoms with Gasteiger partial charge in [0.1, 0.15) is 5.82 Å². The van der Waals surface area contributed by atoms with Gasteiger partial charge in [-0.1, -0.05) is 48.5 Å². The molecule has 2 atom stereocenters. The molecule has 3 amide bonds. The van der Waals surface area contributed by atoms with Gasteiger partial charge in [0.05, 0.1) is 11.6 Å². The molecule has 2 aliphatic rings. The molecular weight excluding hydrogens is 479 g/mol. The lowest BCUT2D eigenvalue weighted by atomic mass is 9.84. The van der Waals surface area contributed by atoms with Gasteiger partial charge in [0.15, 0.2) is 0 Å². The Labute approximate surface area is 224 Å². The summed E-state index contributed by atoms with van der Waals surface area (Å²) in [7, 11) is 0. The summed E-state index contributed by atoms with van der Waals surface area (Å²) in [5, 5.41) is 3.04. The average Bonchev–Trinajstić information content (AvgIpc) is 2.95. The van der Waals surface area contributed by atoms with Crippen LogP contribution >= 0.6 is 0 Å². The first-order chi connectivity index (χ1) is 18.4. The molecule has 0 aromatic heterocycles. The van der Waals surface area contributed by atoms with Crippen molar-refractivity contribution in [2.75, 3.05) is 49.5 Å². The number of nitrogens with zero attached hydrogens (tertiary/aromatic N) is 3. The van der Waals surface area contributed by atoms with Crippen molar-refractivity contribution in [3.63, 3.8) is 0 Å². The van der Waals surface area contributed by atoms with Crippen LogP contribution < -0.4 is 10.2 Å². The number of nitrogens with one attached hydrogen (secondary N) is 1. The van der Waals surface area contributed by atoms with E-state index >= 15 is 0 Å². The number of hydrogen-bond acceptors (Lipinski definition) is 3. The highest BCUT2D eigenvalue weighted by Crippen LogP contribution is 2.32. The second-order valence-corrected chi connectivity index (χ2v) is 10.4. The predicted octanol–water partition coefficient (Wildman–Crippen LogP) is 5.43. The number of carbonyl (C=O) groups is 2. The molecule has 0 saturated carbocycles. The van der Waals surface area contributed by atoms with Crippen LogP contribution in [0.15, 0.2) is 72.8 Å². The summed E-state index contributed by atoms with van der Waals surface area (Å²) in [5.74, 6) is -0.387. The zero-order valence-electron chi connectivity index (χ0n) is 22.1. The van der Waals surface area contributed by atoms with Crippen LogP contribution in [0.3, 0.4) is 0 Å². The molecule has 0 bridgehead atoms. The van der Waals surface area contributed by atoms with Crippen LogP contribution in [0, 0.1) is 25.6 Å². The van der Waals surface area contributed by atoms with Gasteiger partial charge in [-0.2, -0.15) is 0 Å². The molecule has 0 spiro atoms. The number of amides is 3. The Morgan fingerprint density at radius 3 is 2.24 bits per heavy atom. The number of halogens is 1. The van der Waals surface area contributed by atoms with E-state index in [1.165, 1.54) is 11.6 Å². The van der Waals surface area contributed by atoms with Crippen molar-refractivity contribution in [3.8, 4) is 0 Å². The number of rotatable bonds is 4. The molecule has 2 fully saturated rings. The summed E-state index contributed by atoms with van der Waals surface area (Å²) in [6.07, 6.45) is 0.698. The Bertz CT molecular complexity index is 1290. The van der Waals surface area contributed by atoms with Crippen molar-refractivity contribution in [2.45, 2.75) is 26.2 Å². The number of para-hydroxylation sites is 1. The first-order valence-electron chi connectivity index (χ1n) is 13.4. The number of hydrogen-bond donors (Lipinski definition) is 1. The van der Waals surface area contributed by atoms with E-state index < -0.39 is 0 Å². The largest absolute Gasteiger partial charge is 0.366 e. The molecule has 2 unspecified atom stereocenters. The highest BCUT2D eigenvalue weighted by atomic mass is 19.1. The number of likely N-dealkylation sites (tertiary alicyclic amines) is 1. The molecule has 3 aromatic carbocycles. The Kier molecular flexibility index (Phi) is 7.63. The average molecular weight is 515 g/mol. The molecule has 3 aromatic rings. The topological polar surface area (TPSA) is 55.9 Å². The summed E-state index contributed by atoms with van der Waals surface area (Å²) in [6, 6.07) is 22.6. The summed E-state index contributed by atoms with van der Waals surface area (Å²) >= 11 is 0. The van der Waals surface area contributed by atoms with Crippen LogP contribution in [0.1, 0.15) is 29.0 Å². The minimum atomic E-state index is -0.292. The van der Waals surface area contributed by atoms with Gasteiger partial charge in [-0.15, -0.1) is 0 Å². The summed E-state index contributed by atoms with van der Waals surface area (Å²) in [6.45, 7) is 7.25. The fraction of sp³-hybridized carbons (Fsp3) is 0.355. The first-order valence-corrected chi connectivity index (χ1v) is 13.4. The maximum absolute atomic E-state index is 14.3. The second kappa shape index (κ2) is 11.3. The van der Waals surface area contributed by atoms with Crippen LogP contribution in [0.5, 0.6) is 0 Å².